The normalized spacial score (nSPS) is 13.6. The summed E-state index contributed by atoms with van der Waals surface area (Å²) >= 11 is 1.19. The third-order valence-corrected chi connectivity index (χ3v) is 4.51. The number of para-hydroxylation sites is 1. The zero-order valence-electron chi connectivity index (χ0n) is 13.4. The second-order valence-electron chi connectivity index (χ2n) is 5.70. The number of amides is 3. The summed E-state index contributed by atoms with van der Waals surface area (Å²) in [5.41, 5.74) is 2.98. The van der Waals surface area contributed by atoms with Gasteiger partial charge in [0.05, 0.1) is 11.4 Å². The highest BCUT2D eigenvalue weighted by atomic mass is 32.2. The highest BCUT2D eigenvalue weighted by molar-refractivity contribution is 7.99. The summed E-state index contributed by atoms with van der Waals surface area (Å²) in [4.78, 5) is 23.4. The first-order chi connectivity index (χ1) is 11.5. The van der Waals surface area contributed by atoms with Gasteiger partial charge in [0.1, 0.15) is 0 Å². The fraction of sp³-hybridized carbons (Fsp3) is 0.400. The van der Waals surface area contributed by atoms with Gasteiger partial charge < -0.3 is 5.32 Å². The molecule has 0 spiro atoms. The average molecular weight is 346 g/mol. The van der Waals surface area contributed by atoms with Crippen molar-refractivity contribution in [2.75, 3.05) is 5.75 Å². The number of hydrogen-bond donors (Lipinski definition) is 2. The SMILES string of the molecule is Cc1cccc(C)c1-n1nnnc1SCC(=O)NC(=O)NC1CC1. The summed E-state index contributed by atoms with van der Waals surface area (Å²) in [7, 11) is 0. The van der Waals surface area contributed by atoms with E-state index in [2.05, 4.69) is 26.2 Å². The van der Waals surface area contributed by atoms with Gasteiger partial charge in [0, 0.05) is 6.04 Å². The van der Waals surface area contributed by atoms with Crippen molar-refractivity contribution in [3.63, 3.8) is 0 Å². The molecule has 0 aliphatic heterocycles. The number of thioether (sulfide) groups is 1. The Morgan fingerprint density at radius 1 is 1.29 bits per heavy atom. The van der Waals surface area contributed by atoms with Crippen LogP contribution in [-0.2, 0) is 4.79 Å². The summed E-state index contributed by atoms with van der Waals surface area (Å²) in [5, 5.41) is 17.2. The van der Waals surface area contributed by atoms with Crippen LogP contribution in [-0.4, -0.2) is 43.9 Å². The minimum Gasteiger partial charge on any atom is -0.335 e. The van der Waals surface area contributed by atoms with Crippen molar-refractivity contribution in [1.82, 2.24) is 30.8 Å². The molecule has 1 fully saturated rings. The van der Waals surface area contributed by atoms with Crippen molar-refractivity contribution >= 4 is 23.7 Å². The second kappa shape index (κ2) is 7.00. The third-order valence-electron chi connectivity index (χ3n) is 3.59. The Morgan fingerprint density at radius 2 is 2.00 bits per heavy atom. The van der Waals surface area contributed by atoms with Crippen molar-refractivity contribution in [2.24, 2.45) is 0 Å². The molecule has 9 heteroatoms. The van der Waals surface area contributed by atoms with Crippen molar-refractivity contribution in [3.8, 4) is 5.69 Å². The molecular weight excluding hydrogens is 328 g/mol. The van der Waals surface area contributed by atoms with Crippen molar-refractivity contribution in [1.29, 1.82) is 0 Å². The van der Waals surface area contributed by atoms with E-state index >= 15 is 0 Å². The van der Waals surface area contributed by atoms with Crippen LogP contribution in [0.3, 0.4) is 0 Å². The molecule has 3 amide bonds. The lowest BCUT2D eigenvalue weighted by Gasteiger charge is -2.10. The molecule has 2 aromatic rings. The highest BCUT2D eigenvalue weighted by Gasteiger charge is 2.24. The molecule has 24 heavy (non-hydrogen) atoms. The molecule has 1 aliphatic rings. The Kier molecular flexibility index (Phi) is 4.79. The molecule has 0 radical (unpaired) electrons. The number of benzene rings is 1. The minimum atomic E-state index is -0.447. The van der Waals surface area contributed by atoms with Gasteiger partial charge in [-0.2, -0.15) is 4.68 Å². The maximum absolute atomic E-state index is 11.9. The molecule has 8 nitrogen and oxygen atoms in total. The molecular formula is C15H18N6O2S. The number of carbonyl (C=O) groups excluding carboxylic acids is 2. The number of hydrogen-bond acceptors (Lipinski definition) is 6. The lowest BCUT2D eigenvalue weighted by molar-refractivity contribution is -0.117. The van der Waals surface area contributed by atoms with E-state index in [0.29, 0.717) is 5.16 Å². The second-order valence-corrected chi connectivity index (χ2v) is 6.64. The van der Waals surface area contributed by atoms with Gasteiger partial charge >= 0.3 is 6.03 Å². The first kappa shape index (κ1) is 16.4. The Hall–Kier alpha value is -2.42. The molecule has 1 heterocycles. The maximum atomic E-state index is 11.9. The zero-order valence-corrected chi connectivity index (χ0v) is 14.3. The lowest BCUT2D eigenvalue weighted by atomic mass is 10.1. The summed E-state index contributed by atoms with van der Waals surface area (Å²) < 4.78 is 1.62. The first-order valence-corrected chi connectivity index (χ1v) is 8.61. The topological polar surface area (TPSA) is 102 Å². The molecule has 3 rings (SSSR count). The van der Waals surface area contributed by atoms with Gasteiger partial charge in [-0.25, -0.2) is 4.79 Å². The van der Waals surface area contributed by atoms with Crippen LogP contribution >= 0.6 is 11.8 Å². The van der Waals surface area contributed by atoms with Gasteiger partial charge in [-0.05, 0) is 48.2 Å². The molecule has 2 N–H and O–H groups in total. The molecule has 1 aromatic carbocycles. The van der Waals surface area contributed by atoms with Crippen molar-refractivity contribution in [2.45, 2.75) is 37.9 Å². The van der Waals surface area contributed by atoms with Gasteiger partial charge in [0.2, 0.25) is 11.1 Å². The van der Waals surface area contributed by atoms with Crippen LogP contribution in [0.2, 0.25) is 0 Å². The van der Waals surface area contributed by atoms with Gasteiger partial charge in [-0.15, -0.1) is 5.10 Å². The van der Waals surface area contributed by atoms with Crippen molar-refractivity contribution < 1.29 is 9.59 Å². The number of carbonyl (C=O) groups is 2. The smallest absolute Gasteiger partial charge is 0.321 e. The van der Waals surface area contributed by atoms with Crippen LogP contribution in [0.4, 0.5) is 4.79 Å². The number of aryl methyl sites for hydroxylation is 2. The largest absolute Gasteiger partial charge is 0.335 e. The molecule has 1 aromatic heterocycles. The summed E-state index contributed by atoms with van der Waals surface area (Å²) in [6, 6.07) is 5.69. The quantitative estimate of drug-likeness (QED) is 0.793. The third kappa shape index (κ3) is 3.91. The van der Waals surface area contributed by atoms with Crippen LogP contribution in [0.15, 0.2) is 23.4 Å². The molecule has 1 aliphatic carbocycles. The van der Waals surface area contributed by atoms with Gasteiger partial charge in [-0.3, -0.25) is 10.1 Å². The number of rotatable bonds is 5. The van der Waals surface area contributed by atoms with Crippen LogP contribution in [0.5, 0.6) is 0 Å². The van der Waals surface area contributed by atoms with E-state index in [1.807, 2.05) is 32.0 Å². The fourth-order valence-electron chi connectivity index (χ4n) is 2.29. The number of nitrogens with one attached hydrogen (secondary N) is 2. The predicted octanol–water partition coefficient (Wildman–Crippen LogP) is 1.36. The fourth-order valence-corrected chi connectivity index (χ4v) is 2.97. The van der Waals surface area contributed by atoms with Crippen LogP contribution in [0, 0.1) is 13.8 Å². The van der Waals surface area contributed by atoms with Crippen LogP contribution in [0.1, 0.15) is 24.0 Å². The summed E-state index contributed by atoms with van der Waals surface area (Å²) in [6.45, 7) is 3.96. The van der Waals surface area contributed by atoms with Gasteiger partial charge in [-0.1, -0.05) is 30.0 Å². The highest BCUT2D eigenvalue weighted by Crippen LogP contribution is 2.23. The molecule has 0 unspecified atom stereocenters. The minimum absolute atomic E-state index is 0.0589. The zero-order chi connectivity index (χ0) is 17.1. The van der Waals surface area contributed by atoms with Gasteiger partial charge in [0.25, 0.3) is 0 Å². The standard InChI is InChI=1S/C15H18N6O2S/c1-9-4-3-5-10(2)13(9)21-15(18-19-20-21)24-8-12(22)17-14(23)16-11-6-7-11/h3-5,11H,6-8H2,1-2H3,(H2,16,17,22,23). The molecule has 0 atom stereocenters. The van der Waals surface area contributed by atoms with E-state index < -0.39 is 6.03 Å². The Balaban J connectivity index is 1.63. The van der Waals surface area contributed by atoms with E-state index in [4.69, 9.17) is 0 Å². The molecule has 126 valence electrons. The number of tetrazole rings is 1. The van der Waals surface area contributed by atoms with E-state index in [9.17, 15) is 9.59 Å². The number of urea groups is 1. The maximum Gasteiger partial charge on any atom is 0.321 e. The Bertz CT molecular complexity index is 751. The van der Waals surface area contributed by atoms with Crippen LogP contribution < -0.4 is 10.6 Å². The van der Waals surface area contributed by atoms with Crippen LogP contribution in [0.25, 0.3) is 5.69 Å². The summed E-state index contributed by atoms with van der Waals surface area (Å²) in [5.74, 6) is -0.321. The molecule has 1 saturated carbocycles. The number of imide groups is 1. The van der Waals surface area contributed by atoms with Gasteiger partial charge in [0.15, 0.2) is 0 Å². The predicted molar refractivity (Wildman–Crippen MR) is 89.0 cm³/mol. The summed E-state index contributed by atoms with van der Waals surface area (Å²) in [6.07, 6.45) is 1.95. The number of nitrogens with zero attached hydrogens (tertiary/aromatic N) is 4. The van der Waals surface area contributed by atoms with E-state index in [0.717, 1.165) is 29.7 Å². The number of aromatic nitrogens is 4. The first-order valence-electron chi connectivity index (χ1n) is 7.62. The van der Waals surface area contributed by atoms with E-state index in [-0.39, 0.29) is 17.7 Å². The molecule has 0 saturated heterocycles. The Morgan fingerprint density at radius 3 is 2.67 bits per heavy atom. The average Bonchev–Trinajstić information content (AvgIpc) is 3.21. The molecule has 0 bridgehead atoms. The van der Waals surface area contributed by atoms with E-state index in [1.54, 1.807) is 4.68 Å². The van der Waals surface area contributed by atoms with Crippen molar-refractivity contribution in [3.05, 3.63) is 29.3 Å². The monoisotopic (exact) mass is 346 g/mol. The van der Waals surface area contributed by atoms with E-state index in [1.165, 1.54) is 11.8 Å². The lowest BCUT2D eigenvalue weighted by Crippen LogP contribution is -2.41. The Labute approximate surface area is 143 Å².